The average Bonchev–Trinajstić information content (AvgIpc) is 2.90. The van der Waals surface area contributed by atoms with Gasteiger partial charge in [0.25, 0.3) is 0 Å². The number of ether oxygens (including phenoxy) is 1. The number of benzene rings is 1. The first kappa shape index (κ1) is 29.2. The van der Waals surface area contributed by atoms with Crippen LogP contribution >= 0.6 is 0 Å². The molecule has 1 fully saturated rings. The van der Waals surface area contributed by atoms with Crippen LogP contribution in [0.1, 0.15) is 88.5 Å². The standard InChI is InChI=1S/C31H40N2O5/c1-4-6-7-11-17-38-29(36)21-25-19-23(15-16-32-25)20-26-30(27(34)12-5-2)33(31(26)37)28(35)18-22(3)24-13-9-8-10-14-24/h8-10,13-16,19,22,26,30H,4-7,11-12,17-18,20-21H2,1-3H3/t22-,26?,30-/m0/s1. The molecule has 0 bridgehead atoms. The largest absolute Gasteiger partial charge is 0.465 e. The predicted octanol–water partition coefficient (Wildman–Crippen LogP) is 5.21. The van der Waals surface area contributed by atoms with E-state index in [9.17, 15) is 19.2 Å². The number of amides is 2. The van der Waals surface area contributed by atoms with Gasteiger partial charge in [0.1, 0.15) is 6.04 Å². The second-order valence-electron chi connectivity index (χ2n) is 10.2. The Balaban J connectivity index is 1.63. The lowest BCUT2D eigenvalue weighted by molar-refractivity contribution is -0.170. The molecule has 1 aromatic carbocycles. The zero-order valence-corrected chi connectivity index (χ0v) is 22.9. The Morgan fingerprint density at radius 3 is 2.50 bits per heavy atom. The Bertz CT molecular complexity index is 1100. The van der Waals surface area contributed by atoms with E-state index in [1.54, 1.807) is 18.3 Å². The Morgan fingerprint density at radius 1 is 1.03 bits per heavy atom. The molecule has 7 heteroatoms. The van der Waals surface area contributed by atoms with Crippen molar-refractivity contribution in [3.8, 4) is 0 Å². The summed E-state index contributed by atoms with van der Waals surface area (Å²) in [6.07, 6.45) is 7.25. The van der Waals surface area contributed by atoms with Gasteiger partial charge in [-0.05, 0) is 48.4 Å². The highest BCUT2D eigenvalue weighted by molar-refractivity contribution is 6.10. The van der Waals surface area contributed by atoms with Crippen molar-refractivity contribution >= 4 is 23.6 Å². The zero-order valence-electron chi connectivity index (χ0n) is 22.9. The fourth-order valence-electron chi connectivity index (χ4n) is 4.97. The lowest BCUT2D eigenvalue weighted by Crippen LogP contribution is -2.66. The SMILES string of the molecule is CCCCCCOC(=O)Cc1cc(CC2C(=O)N(C(=O)C[C@H](C)c3ccccc3)[C@@H]2C(=O)CCC)ccn1. The molecule has 1 aromatic heterocycles. The molecule has 2 heterocycles. The maximum atomic E-state index is 13.2. The van der Waals surface area contributed by atoms with Crippen molar-refractivity contribution in [2.75, 3.05) is 6.61 Å². The first-order valence-electron chi connectivity index (χ1n) is 13.9. The summed E-state index contributed by atoms with van der Waals surface area (Å²) in [5.74, 6) is -1.69. The van der Waals surface area contributed by atoms with Gasteiger partial charge in [-0.1, -0.05) is 70.4 Å². The topological polar surface area (TPSA) is 93.6 Å². The molecule has 1 saturated heterocycles. The first-order valence-corrected chi connectivity index (χ1v) is 13.9. The lowest BCUT2D eigenvalue weighted by atomic mass is 9.78. The number of likely N-dealkylation sites (tertiary alicyclic amines) is 1. The van der Waals surface area contributed by atoms with E-state index in [-0.39, 0.29) is 42.3 Å². The van der Waals surface area contributed by atoms with Crippen LogP contribution in [0.4, 0.5) is 0 Å². The third-order valence-corrected chi connectivity index (χ3v) is 7.08. The van der Waals surface area contributed by atoms with Crippen LogP contribution in [0.15, 0.2) is 48.7 Å². The van der Waals surface area contributed by atoms with Crippen molar-refractivity contribution in [1.82, 2.24) is 9.88 Å². The van der Waals surface area contributed by atoms with E-state index < -0.39 is 12.0 Å². The summed E-state index contributed by atoms with van der Waals surface area (Å²) in [6, 6.07) is 12.5. The number of hydrogen-bond acceptors (Lipinski definition) is 6. The van der Waals surface area contributed by atoms with Gasteiger partial charge in [0.15, 0.2) is 5.78 Å². The molecule has 7 nitrogen and oxygen atoms in total. The predicted molar refractivity (Wildman–Crippen MR) is 145 cm³/mol. The van der Waals surface area contributed by atoms with Gasteiger partial charge in [-0.3, -0.25) is 29.1 Å². The normalized spacial score (nSPS) is 17.6. The third-order valence-electron chi connectivity index (χ3n) is 7.08. The Kier molecular flexibility index (Phi) is 11.2. The first-order chi connectivity index (χ1) is 18.3. The van der Waals surface area contributed by atoms with Gasteiger partial charge >= 0.3 is 5.97 Å². The monoisotopic (exact) mass is 520 g/mol. The quantitative estimate of drug-likeness (QED) is 0.182. The Labute approximate surface area is 226 Å². The second-order valence-corrected chi connectivity index (χ2v) is 10.2. The molecule has 204 valence electrons. The summed E-state index contributed by atoms with van der Waals surface area (Å²) in [6.45, 7) is 6.40. The smallest absolute Gasteiger partial charge is 0.311 e. The number of esters is 1. The molecule has 3 rings (SSSR count). The molecule has 0 spiro atoms. The van der Waals surface area contributed by atoms with Crippen LogP contribution in [-0.4, -0.2) is 46.1 Å². The molecule has 2 aromatic rings. The highest BCUT2D eigenvalue weighted by Gasteiger charge is 2.53. The van der Waals surface area contributed by atoms with Gasteiger partial charge in [0, 0.05) is 19.0 Å². The van der Waals surface area contributed by atoms with Gasteiger partial charge in [-0.15, -0.1) is 0 Å². The summed E-state index contributed by atoms with van der Waals surface area (Å²) >= 11 is 0. The number of unbranched alkanes of at least 4 members (excludes halogenated alkanes) is 3. The number of ketones is 1. The lowest BCUT2D eigenvalue weighted by Gasteiger charge is -2.45. The molecule has 0 N–H and O–H groups in total. The highest BCUT2D eigenvalue weighted by atomic mass is 16.5. The number of carbonyl (C=O) groups is 4. The summed E-state index contributed by atoms with van der Waals surface area (Å²) < 4.78 is 5.32. The minimum atomic E-state index is -0.748. The van der Waals surface area contributed by atoms with E-state index >= 15 is 0 Å². The molecule has 1 unspecified atom stereocenters. The molecule has 0 radical (unpaired) electrons. The molecular formula is C31H40N2O5. The molecule has 3 atom stereocenters. The number of aromatic nitrogens is 1. The van der Waals surface area contributed by atoms with Crippen LogP contribution in [0.5, 0.6) is 0 Å². The number of imide groups is 1. The van der Waals surface area contributed by atoms with Crippen LogP contribution in [0, 0.1) is 5.92 Å². The van der Waals surface area contributed by atoms with Gasteiger partial charge in [0.2, 0.25) is 11.8 Å². The number of carbonyl (C=O) groups excluding carboxylic acids is 4. The van der Waals surface area contributed by atoms with E-state index in [0.29, 0.717) is 31.6 Å². The van der Waals surface area contributed by atoms with E-state index in [2.05, 4.69) is 11.9 Å². The van der Waals surface area contributed by atoms with Crippen LogP contribution in [0.25, 0.3) is 0 Å². The maximum Gasteiger partial charge on any atom is 0.311 e. The highest BCUT2D eigenvalue weighted by Crippen LogP contribution is 2.34. The van der Waals surface area contributed by atoms with Crippen LogP contribution in [0.3, 0.4) is 0 Å². The fraction of sp³-hybridized carbons (Fsp3) is 0.516. The van der Waals surface area contributed by atoms with Crippen molar-refractivity contribution in [3.63, 3.8) is 0 Å². The molecule has 2 amide bonds. The Morgan fingerprint density at radius 2 is 1.79 bits per heavy atom. The zero-order chi connectivity index (χ0) is 27.5. The number of β-lactam (4-membered cyclic amide) rings is 1. The molecule has 0 saturated carbocycles. The van der Waals surface area contributed by atoms with Crippen molar-refractivity contribution in [1.29, 1.82) is 0 Å². The van der Waals surface area contributed by atoms with E-state index in [1.165, 1.54) is 4.90 Å². The van der Waals surface area contributed by atoms with E-state index in [1.807, 2.05) is 44.2 Å². The average molecular weight is 521 g/mol. The van der Waals surface area contributed by atoms with Crippen LogP contribution < -0.4 is 0 Å². The van der Waals surface area contributed by atoms with Gasteiger partial charge in [0.05, 0.1) is 24.6 Å². The third kappa shape index (κ3) is 7.83. The number of nitrogens with zero attached hydrogens (tertiary/aromatic N) is 2. The minimum Gasteiger partial charge on any atom is -0.465 e. The van der Waals surface area contributed by atoms with E-state index in [0.717, 1.165) is 36.8 Å². The summed E-state index contributed by atoms with van der Waals surface area (Å²) in [4.78, 5) is 57.0. The van der Waals surface area contributed by atoms with Crippen molar-refractivity contribution < 1.29 is 23.9 Å². The molecule has 1 aliphatic rings. The maximum absolute atomic E-state index is 13.2. The van der Waals surface area contributed by atoms with Gasteiger partial charge in [-0.2, -0.15) is 0 Å². The van der Waals surface area contributed by atoms with Gasteiger partial charge < -0.3 is 4.74 Å². The second kappa shape index (κ2) is 14.6. The van der Waals surface area contributed by atoms with Gasteiger partial charge in [-0.25, -0.2) is 0 Å². The minimum absolute atomic E-state index is 0.0560. The number of Topliss-reactive ketones (excluding diaryl/α,β-unsaturated/α-hetero) is 1. The molecular weight excluding hydrogens is 480 g/mol. The van der Waals surface area contributed by atoms with Crippen LogP contribution in [-0.2, 0) is 36.8 Å². The van der Waals surface area contributed by atoms with Crippen molar-refractivity contribution in [2.24, 2.45) is 5.92 Å². The summed E-state index contributed by atoms with van der Waals surface area (Å²) in [7, 11) is 0. The summed E-state index contributed by atoms with van der Waals surface area (Å²) in [5.41, 5.74) is 2.39. The molecule has 38 heavy (non-hydrogen) atoms. The number of rotatable bonds is 15. The Hall–Kier alpha value is -3.35. The van der Waals surface area contributed by atoms with Crippen molar-refractivity contribution in [3.05, 3.63) is 65.5 Å². The van der Waals surface area contributed by atoms with Crippen LogP contribution in [0.2, 0.25) is 0 Å². The fourth-order valence-corrected chi connectivity index (χ4v) is 4.97. The molecule has 1 aliphatic heterocycles. The van der Waals surface area contributed by atoms with Crippen molar-refractivity contribution in [2.45, 2.75) is 90.5 Å². The number of hydrogen-bond donors (Lipinski definition) is 0. The summed E-state index contributed by atoms with van der Waals surface area (Å²) in [5, 5.41) is 0. The molecule has 0 aliphatic carbocycles. The van der Waals surface area contributed by atoms with E-state index in [4.69, 9.17) is 4.74 Å². The number of pyridine rings is 1.